The summed E-state index contributed by atoms with van der Waals surface area (Å²) in [4.78, 5) is 12.4. The lowest BCUT2D eigenvalue weighted by Crippen LogP contribution is -3.00. The predicted molar refractivity (Wildman–Crippen MR) is 43.0 cm³/mol. The third-order valence-electron chi connectivity index (χ3n) is 2.26. The highest BCUT2D eigenvalue weighted by Crippen LogP contribution is 2.05. The second-order valence-corrected chi connectivity index (χ2v) is 3.71. The van der Waals surface area contributed by atoms with Crippen molar-refractivity contribution >= 4 is 6.03 Å². The molecule has 72 valence electrons. The molecule has 1 aliphatic heterocycles. The van der Waals surface area contributed by atoms with Crippen molar-refractivity contribution in [3.8, 4) is 0 Å². The first kappa shape index (κ1) is 12.0. The van der Waals surface area contributed by atoms with E-state index in [4.69, 9.17) is 5.73 Å². The molecule has 1 fully saturated rings. The molecule has 0 aromatic rings. The number of nitrogens with two attached hydrogens (primary N) is 1. The fourth-order valence-corrected chi connectivity index (χ4v) is 1.23. The number of halogens is 1. The number of carbonyl (C=O) groups is 1. The molecule has 0 spiro atoms. The van der Waals surface area contributed by atoms with Crippen LogP contribution in [-0.4, -0.2) is 55.7 Å². The summed E-state index contributed by atoms with van der Waals surface area (Å²) in [6, 6.07) is -0.287. The van der Waals surface area contributed by atoms with Crippen LogP contribution >= 0.6 is 0 Å². The van der Waals surface area contributed by atoms with E-state index >= 15 is 0 Å². The molecule has 0 saturated carbocycles. The lowest BCUT2D eigenvalue weighted by Gasteiger charge is -2.38. The van der Waals surface area contributed by atoms with Gasteiger partial charge in [-0.2, -0.15) is 0 Å². The Morgan fingerprint density at radius 3 is 2.08 bits per heavy atom. The van der Waals surface area contributed by atoms with Gasteiger partial charge in [0.15, 0.2) is 0 Å². The van der Waals surface area contributed by atoms with Gasteiger partial charge in [-0.05, 0) is 0 Å². The number of amides is 2. The normalized spacial score (nSPS) is 21.3. The first-order valence-electron chi connectivity index (χ1n) is 3.88. The number of nitrogens with zero attached hydrogens (tertiary/aromatic N) is 2. The monoisotopic (exact) mass is 285 g/mol. The molecule has 0 atom stereocenters. The van der Waals surface area contributed by atoms with E-state index in [0.717, 1.165) is 30.7 Å². The van der Waals surface area contributed by atoms with Crippen molar-refractivity contribution in [3.63, 3.8) is 0 Å². The van der Waals surface area contributed by atoms with Crippen molar-refractivity contribution in [1.82, 2.24) is 4.90 Å². The van der Waals surface area contributed by atoms with Gasteiger partial charge >= 0.3 is 6.03 Å². The quantitative estimate of drug-likeness (QED) is 0.364. The molecular weight excluding hydrogens is 269 g/mol. The zero-order valence-corrected chi connectivity index (χ0v) is 9.74. The van der Waals surface area contributed by atoms with Crippen LogP contribution in [0.4, 0.5) is 4.79 Å². The molecule has 4 nitrogen and oxygen atoms in total. The lowest BCUT2D eigenvalue weighted by molar-refractivity contribution is -0.894. The summed E-state index contributed by atoms with van der Waals surface area (Å²) < 4.78 is 0.990. The number of quaternary nitrogens is 1. The Labute approximate surface area is 90.3 Å². The van der Waals surface area contributed by atoms with Crippen molar-refractivity contribution in [2.45, 2.75) is 0 Å². The third-order valence-corrected chi connectivity index (χ3v) is 2.26. The van der Waals surface area contributed by atoms with Crippen LogP contribution in [0.15, 0.2) is 0 Å². The number of carbonyl (C=O) groups excluding carboxylic acids is 1. The minimum absolute atomic E-state index is 0. The van der Waals surface area contributed by atoms with Gasteiger partial charge in [0.2, 0.25) is 0 Å². The lowest BCUT2D eigenvalue weighted by atomic mass is 10.3. The highest BCUT2D eigenvalue weighted by molar-refractivity contribution is 5.71. The summed E-state index contributed by atoms with van der Waals surface area (Å²) in [6.07, 6.45) is 0. The summed E-state index contributed by atoms with van der Waals surface area (Å²) in [7, 11) is 4.33. The van der Waals surface area contributed by atoms with Crippen molar-refractivity contribution in [1.29, 1.82) is 0 Å². The highest BCUT2D eigenvalue weighted by atomic mass is 127. The van der Waals surface area contributed by atoms with E-state index in [1.807, 2.05) is 0 Å². The largest absolute Gasteiger partial charge is 1.00 e. The minimum Gasteiger partial charge on any atom is -1.00 e. The average molecular weight is 285 g/mol. The fourth-order valence-electron chi connectivity index (χ4n) is 1.23. The van der Waals surface area contributed by atoms with Crippen molar-refractivity contribution in [3.05, 3.63) is 0 Å². The maximum Gasteiger partial charge on any atom is 0.315 e. The summed E-state index contributed by atoms with van der Waals surface area (Å²) in [5.74, 6) is 0. The van der Waals surface area contributed by atoms with Gasteiger partial charge in [0.25, 0.3) is 0 Å². The SMILES string of the molecule is C[N+]1(C)CCN(C(N)=O)CC1.[I-]. The van der Waals surface area contributed by atoms with Crippen LogP contribution in [0.25, 0.3) is 0 Å². The van der Waals surface area contributed by atoms with Crippen LogP contribution in [0.5, 0.6) is 0 Å². The Morgan fingerprint density at radius 1 is 1.33 bits per heavy atom. The molecule has 0 unspecified atom stereocenters. The van der Waals surface area contributed by atoms with E-state index in [9.17, 15) is 4.79 Å². The van der Waals surface area contributed by atoms with Crippen molar-refractivity contribution in [2.24, 2.45) is 5.73 Å². The molecule has 2 N–H and O–H groups in total. The zero-order valence-electron chi connectivity index (χ0n) is 7.59. The van der Waals surface area contributed by atoms with E-state index in [0.29, 0.717) is 0 Å². The number of hydrogen-bond acceptors (Lipinski definition) is 1. The second-order valence-electron chi connectivity index (χ2n) is 3.71. The van der Waals surface area contributed by atoms with Gasteiger partial charge in [-0.25, -0.2) is 4.79 Å². The van der Waals surface area contributed by atoms with Crippen LogP contribution in [0.1, 0.15) is 0 Å². The molecule has 5 heteroatoms. The summed E-state index contributed by atoms with van der Waals surface area (Å²) in [5.41, 5.74) is 5.14. The number of hydrogen-bond donors (Lipinski definition) is 1. The van der Waals surface area contributed by atoms with Gasteiger partial charge in [0.05, 0.1) is 40.3 Å². The maximum absolute atomic E-state index is 10.7. The molecule has 1 heterocycles. The summed E-state index contributed by atoms with van der Waals surface area (Å²) >= 11 is 0. The smallest absolute Gasteiger partial charge is 0.315 e. The predicted octanol–water partition coefficient (Wildman–Crippen LogP) is -3.54. The van der Waals surface area contributed by atoms with Gasteiger partial charge < -0.3 is 39.1 Å². The summed E-state index contributed by atoms with van der Waals surface area (Å²) in [5, 5.41) is 0. The van der Waals surface area contributed by atoms with Crippen LogP contribution in [0.2, 0.25) is 0 Å². The number of urea groups is 1. The summed E-state index contributed by atoms with van der Waals surface area (Å²) in [6.45, 7) is 3.59. The first-order valence-corrected chi connectivity index (χ1v) is 3.88. The van der Waals surface area contributed by atoms with Crippen LogP contribution < -0.4 is 29.7 Å². The fraction of sp³-hybridized carbons (Fsp3) is 0.857. The molecule has 2 amide bonds. The standard InChI is InChI=1S/C7H15N3O.HI/c1-10(2)5-3-9(4-6-10)7(8)11;/h3-6H2,1-2H3,(H-,8,11);1H. The van der Waals surface area contributed by atoms with Crippen molar-refractivity contribution < 1.29 is 33.3 Å². The Kier molecular flexibility index (Phi) is 4.25. The van der Waals surface area contributed by atoms with Crippen LogP contribution in [0.3, 0.4) is 0 Å². The van der Waals surface area contributed by atoms with Gasteiger partial charge in [-0.1, -0.05) is 0 Å². The molecule has 1 rings (SSSR count). The molecule has 1 aliphatic rings. The number of rotatable bonds is 0. The van der Waals surface area contributed by atoms with Crippen molar-refractivity contribution in [2.75, 3.05) is 40.3 Å². The molecular formula is C7H16IN3O. The maximum atomic E-state index is 10.7. The van der Waals surface area contributed by atoms with E-state index in [1.54, 1.807) is 4.90 Å². The molecule has 0 aromatic carbocycles. The van der Waals surface area contributed by atoms with Crippen LogP contribution in [-0.2, 0) is 0 Å². The van der Waals surface area contributed by atoms with Gasteiger partial charge in [-0.3, -0.25) is 0 Å². The van der Waals surface area contributed by atoms with E-state index in [1.165, 1.54) is 0 Å². The molecule has 1 saturated heterocycles. The molecule has 0 aromatic heterocycles. The van der Waals surface area contributed by atoms with Gasteiger partial charge in [0, 0.05) is 0 Å². The zero-order chi connectivity index (χ0) is 8.48. The Hall–Kier alpha value is -0.0400. The topological polar surface area (TPSA) is 46.3 Å². The average Bonchev–Trinajstić information content (AvgIpc) is 1.86. The van der Waals surface area contributed by atoms with E-state index in [-0.39, 0.29) is 30.0 Å². The Bertz CT molecular complexity index is 162. The first-order chi connectivity index (χ1) is 5.01. The molecule has 0 bridgehead atoms. The molecule has 0 radical (unpaired) electrons. The van der Waals surface area contributed by atoms with E-state index < -0.39 is 0 Å². The number of piperazine rings is 1. The minimum atomic E-state index is -0.287. The van der Waals surface area contributed by atoms with Gasteiger partial charge in [0.1, 0.15) is 0 Å². The molecule has 0 aliphatic carbocycles. The van der Waals surface area contributed by atoms with Crippen LogP contribution in [0, 0.1) is 0 Å². The number of primary amides is 1. The Balaban J connectivity index is 0.00000121. The second kappa shape index (κ2) is 4.27. The Morgan fingerprint density at radius 2 is 1.75 bits per heavy atom. The highest BCUT2D eigenvalue weighted by Gasteiger charge is 2.25. The third kappa shape index (κ3) is 3.14. The van der Waals surface area contributed by atoms with E-state index in [2.05, 4.69) is 14.1 Å². The van der Waals surface area contributed by atoms with Gasteiger partial charge in [-0.15, -0.1) is 0 Å². The number of likely N-dealkylation sites (N-methyl/N-ethyl adjacent to an activating group) is 1. The molecule has 12 heavy (non-hydrogen) atoms.